The molecule has 0 spiro atoms. The standard InChI is InChI=1S/C47H32N2/c1-2-15-33(16-3-1)37-19-6-7-21-39(37)47-42-24-10-8-22-40(42)46(41-23-9-11-25-43(41)47)35-28-30-36(31-29-35)49(45-27-12-13-32-48-45)44-26-14-18-34-17-4-5-20-38(34)44/h1-32H. The molecule has 0 radical (unpaired) electrons. The SMILES string of the molecule is c1ccc(-c2ccccc2-c2c3ccccc3c(-c3ccc(N(c4ccccn4)c4cccc5ccccc45)cc3)c3ccccc23)cc1. The van der Waals surface area contributed by atoms with E-state index in [9.17, 15) is 0 Å². The van der Waals surface area contributed by atoms with Gasteiger partial charge >= 0.3 is 0 Å². The molecule has 0 aliphatic rings. The Kier molecular flexibility index (Phi) is 7.18. The van der Waals surface area contributed by atoms with E-state index >= 15 is 0 Å². The molecule has 0 atom stereocenters. The molecule has 2 heteroatoms. The van der Waals surface area contributed by atoms with Gasteiger partial charge in [0.05, 0.1) is 5.69 Å². The molecular weight excluding hydrogens is 593 g/mol. The number of hydrogen-bond acceptors (Lipinski definition) is 2. The fourth-order valence-electron chi connectivity index (χ4n) is 7.36. The van der Waals surface area contributed by atoms with Crippen LogP contribution in [0.2, 0.25) is 0 Å². The monoisotopic (exact) mass is 624 g/mol. The highest BCUT2D eigenvalue weighted by molar-refractivity contribution is 6.22. The molecule has 0 saturated carbocycles. The minimum Gasteiger partial charge on any atom is -0.294 e. The second kappa shape index (κ2) is 12.3. The summed E-state index contributed by atoms with van der Waals surface area (Å²) in [5.41, 5.74) is 9.54. The molecular formula is C47H32N2. The van der Waals surface area contributed by atoms with Crippen molar-refractivity contribution in [3.05, 3.63) is 194 Å². The van der Waals surface area contributed by atoms with Gasteiger partial charge in [-0.2, -0.15) is 0 Å². The van der Waals surface area contributed by atoms with Gasteiger partial charge in [-0.15, -0.1) is 0 Å². The Morgan fingerprint density at radius 3 is 1.57 bits per heavy atom. The van der Waals surface area contributed by atoms with Crippen molar-refractivity contribution in [2.75, 3.05) is 4.90 Å². The fourth-order valence-corrected chi connectivity index (χ4v) is 7.36. The third-order valence-corrected chi connectivity index (χ3v) is 9.51. The molecule has 0 aliphatic heterocycles. The van der Waals surface area contributed by atoms with E-state index in [1.807, 2.05) is 18.3 Å². The summed E-state index contributed by atoms with van der Waals surface area (Å²) in [6.07, 6.45) is 1.86. The number of aromatic nitrogens is 1. The van der Waals surface area contributed by atoms with Crippen LogP contribution in [0.4, 0.5) is 17.2 Å². The van der Waals surface area contributed by atoms with Gasteiger partial charge in [-0.1, -0.05) is 158 Å². The van der Waals surface area contributed by atoms with Gasteiger partial charge in [-0.3, -0.25) is 4.90 Å². The van der Waals surface area contributed by atoms with Crippen molar-refractivity contribution in [3.8, 4) is 33.4 Å². The van der Waals surface area contributed by atoms with Gasteiger partial charge in [-0.25, -0.2) is 4.98 Å². The Morgan fingerprint density at radius 2 is 0.898 bits per heavy atom. The number of fused-ring (bicyclic) bond motifs is 3. The number of pyridine rings is 1. The van der Waals surface area contributed by atoms with Crippen LogP contribution >= 0.6 is 0 Å². The lowest BCUT2D eigenvalue weighted by molar-refractivity contribution is 1.19. The first kappa shape index (κ1) is 28.7. The highest BCUT2D eigenvalue weighted by Crippen LogP contribution is 2.46. The number of rotatable bonds is 6. The Hall–Kier alpha value is -6.51. The van der Waals surface area contributed by atoms with E-state index in [-0.39, 0.29) is 0 Å². The highest BCUT2D eigenvalue weighted by atomic mass is 15.2. The zero-order chi connectivity index (χ0) is 32.6. The van der Waals surface area contributed by atoms with E-state index in [1.54, 1.807) is 0 Å². The lowest BCUT2D eigenvalue weighted by atomic mass is 9.84. The molecule has 0 amide bonds. The van der Waals surface area contributed by atoms with Crippen LogP contribution in [0.15, 0.2) is 194 Å². The molecule has 0 aliphatic carbocycles. The largest absolute Gasteiger partial charge is 0.294 e. The lowest BCUT2D eigenvalue weighted by Gasteiger charge is -2.26. The molecule has 1 aromatic heterocycles. The molecule has 9 aromatic rings. The number of anilines is 3. The predicted octanol–water partition coefficient (Wildman–Crippen LogP) is 13.0. The topological polar surface area (TPSA) is 16.1 Å². The van der Waals surface area contributed by atoms with Crippen molar-refractivity contribution < 1.29 is 0 Å². The first-order valence-corrected chi connectivity index (χ1v) is 16.7. The van der Waals surface area contributed by atoms with Crippen LogP contribution in [0.5, 0.6) is 0 Å². The van der Waals surface area contributed by atoms with Crippen LogP contribution in [-0.4, -0.2) is 4.98 Å². The van der Waals surface area contributed by atoms with Crippen molar-refractivity contribution in [1.82, 2.24) is 4.98 Å². The average molecular weight is 625 g/mol. The van der Waals surface area contributed by atoms with Crippen LogP contribution in [0.25, 0.3) is 65.7 Å². The van der Waals surface area contributed by atoms with Crippen LogP contribution in [0, 0.1) is 0 Å². The number of nitrogens with zero attached hydrogens (tertiary/aromatic N) is 2. The summed E-state index contributed by atoms with van der Waals surface area (Å²) in [5.74, 6) is 0.879. The number of benzene rings is 8. The fraction of sp³-hybridized carbons (Fsp3) is 0. The Bertz CT molecular complexity index is 2530. The third kappa shape index (κ3) is 5.02. The molecule has 2 nitrogen and oxygen atoms in total. The minimum absolute atomic E-state index is 0.879. The molecule has 0 saturated heterocycles. The summed E-state index contributed by atoms with van der Waals surface area (Å²) >= 11 is 0. The highest BCUT2D eigenvalue weighted by Gasteiger charge is 2.20. The van der Waals surface area contributed by atoms with Crippen molar-refractivity contribution in [3.63, 3.8) is 0 Å². The first-order valence-electron chi connectivity index (χ1n) is 16.7. The molecule has 49 heavy (non-hydrogen) atoms. The maximum absolute atomic E-state index is 4.79. The molecule has 230 valence electrons. The van der Waals surface area contributed by atoms with E-state index in [1.165, 1.54) is 65.7 Å². The molecule has 1 heterocycles. The first-order chi connectivity index (χ1) is 24.3. The maximum atomic E-state index is 4.79. The summed E-state index contributed by atoms with van der Waals surface area (Å²) in [6, 6.07) is 67.3. The van der Waals surface area contributed by atoms with Crippen molar-refractivity contribution in [2.24, 2.45) is 0 Å². The molecule has 9 rings (SSSR count). The second-order valence-corrected chi connectivity index (χ2v) is 12.3. The molecule has 0 fully saturated rings. The van der Waals surface area contributed by atoms with E-state index in [0.29, 0.717) is 0 Å². The van der Waals surface area contributed by atoms with E-state index in [4.69, 9.17) is 4.98 Å². The maximum Gasteiger partial charge on any atom is 0.137 e. The normalized spacial score (nSPS) is 11.3. The van der Waals surface area contributed by atoms with Gasteiger partial charge in [0.15, 0.2) is 0 Å². The van der Waals surface area contributed by atoms with Crippen molar-refractivity contribution in [1.29, 1.82) is 0 Å². The van der Waals surface area contributed by atoms with Gasteiger partial charge in [0.2, 0.25) is 0 Å². The number of hydrogen-bond donors (Lipinski definition) is 0. The van der Waals surface area contributed by atoms with Gasteiger partial charge < -0.3 is 0 Å². The summed E-state index contributed by atoms with van der Waals surface area (Å²) in [6.45, 7) is 0. The van der Waals surface area contributed by atoms with E-state index in [0.717, 1.165) is 17.2 Å². The smallest absolute Gasteiger partial charge is 0.137 e. The van der Waals surface area contributed by atoms with Crippen LogP contribution in [0.3, 0.4) is 0 Å². The summed E-state index contributed by atoms with van der Waals surface area (Å²) in [4.78, 5) is 7.05. The lowest BCUT2D eigenvalue weighted by Crippen LogP contribution is -2.11. The van der Waals surface area contributed by atoms with Crippen LogP contribution in [-0.2, 0) is 0 Å². The summed E-state index contributed by atoms with van der Waals surface area (Å²) in [7, 11) is 0. The predicted molar refractivity (Wildman–Crippen MR) is 208 cm³/mol. The summed E-state index contributed by atoms with van der Waals surface area (Å²) < 4.78 is 0. The van der Waals surface area contributed by atoms with Gasteiger partial charge in [0.25, 0.3) is 0 Å². The average Bonchev–Trinajstić information content (AvgIpc) is 3.18. The molecule has 8 aromatic carbocycles. The zero-order valence-electron chi connectivity index (χ0n) is 26.9. The van der Waals surface area contributed by atoms with Crippen molar-refractivity contribution >= 4 is 49.5 Å². The molecule has 0 bridgehead atoms. The van der Waals surface area contributed by atoms with E-state index in [2.05, 4.69) is 181 Å². The quantitative estimate of drug-likeness (QED) is 0.171. The third-order valence-electron chi connectivity index (χ3n) is 9.51. The van der Waals surface area contributed by atoms with Crippen molar-refractivity contribution in [2.45, 2.75) is 0 Å². The molecule has 0 unspecified atom stereocenters. The Morgan fingerprint density at radius 1 is 0.347 bits per heavy atom. The Balaban J connectivity index is 1.25. The van der Waals surface area contributed by atoms with Gasteiger partial charge in [0, 0.05) is 17.3 Å². The van der Waals surface area contributed by atoms with Crippen LogP contribution in [0.1, 0.15) is 0 Å². The van der Waals surface area contributed by atoms with Gasteiger partial charge in [-0.05, 0) is 90.6 Å². The minimum atomic E-state index is 0.879. The van der Waals surface area contributed by atoms with E-state index < -0.39 is 0 Å². The second-order valence-electron chi connectivity index (χ2n) is 12.3. The summed E-state index contributed by atoms with van der Waals surface area (Å²) in [5, 5.41) is 7.35. The molecule has 0 N–H and O–H groups in total. The Labute approximate surface area is 286 Å². The zero-order valence-corrected chi connectivity index (χ0v) is 26.9. The van der Waals surface area contributed by atoms with Crippen LogP contribution < -0.4 is 4.90 Å². The van der Waals surface area contributed by atoms with Gasteiger partial charge in [0.1, 0.15) is 5.82 Å².